The van der Waals surface area contributed by atoms with Gasteiger partial charge >= 0.3 is 5.97 Å². The van der Waals surface area contributed by atoms with Gasteiger partial charge in [0.1, 0.15) is 18.6 Å². The average molecular weight is 352 g/mol. The van der Waals surface area contributed by atoms with E-state index in [0.29, 0.717) is 17.1 Å². The molecule has 0 aliphatic rings. The zero-order valence-corrected chi connectivity index (χ0v) is 14.5. The molecule has 25 heavy (non-hydrogen) atoms. The fourth-order valence-electron chi connectivity index (χ4n) is 2.77. The van der Waals surface area contributed by atoms with E-state index < -0.39 is 0 Å². The molecule has 0 unspecified atom stereocenters. The molecular formula is C19H16N2O3S. The highest BCUT2D eigenvalue weighted by molar-refractivity contribution is 7.13. The summed E-state index contributed by atoms with van der Waals surface area (Å²) < 4.78 is 12.9. The zero-order chi connectivity index (χ0) is 17.2. The number of benzene rings is 1. The van der Waals surface area contributed by atoms with Crippen LogP contribution in [0.5, 0.6) is 0 Å². The molecule has 4 aromatic rings. The first-order chi connectivity index (χ1) is 12.3. The van der Waals surface area contributed by atoms with Gasteiger partial charge in [-0.05, 0) is 24.4 Å². The lowest BCUT2D eigenvalue weighted by Crippen LogP contribution is -2.05. The van der Waals surface area contributed by atoms with E-state index in [0.717, 1.165) is 22.3 Å². The SMILES string of the molecule is CCn1cc(C(=O)OCc2coc(-c3cccs3)n2)c2ccccc21. The van der Waals surface area contributed by atoms with Crippen LogP contribution in [0.25, 0.3) is 21.7 Å². The molecule has 6 heteroatoms. The topological polar surface area (TPSA) is 57.3 Å². The number of fused-ring (bicyclic) bond motifs is 1. The number of hydrogen-bond acceptors (Lipinski definition) is 5. The normalized spacial score (nSPS) is 11.1. The lowest BCUT2D eigenvalue weighted by Gasteiger charge is -2.01. The quantitative estimate of drug-likeness (QED) is 0.487. The predicted molar refractivity (Wildman–Crippen MR) is 96.5 cm³/mol. The van der Waals surface area contributed by atoms with Gasteiger partial charge in [0.2, 0.25) is 5.89 Å². The average Bonchev–Trinajstić information content (AvgIpc) is 3.38. The second kappa shape index (κ2) is 6.57. The smallest absolute Gasteiger partial charge is 0.340 e. The lowest BCUT2D eigenvalue weighted by molar-refractivity contribution is 0.0470. The molecular weight excluding hydrogens is 336 g/mol. The maximum Gasteiger partial charge on any atom is 0.340 e. The highest BCUT2D eigenvalue weighted by Crippen LogP contribution is 2.25. The van der Waals surface area contributed by atoms with Gasteiger partial charge in [-0.3, -0.25) is 0 Å². The van der Waals surface area contributed by atoms with E-state index in [-0.39, 0.29) is 12.6 Å². The van der Waals surface area contributed by atoms with Gasteiger partial charge in [-0.25, -0.2) is 9.78 Å². The molecule has 0 fully saturated rings. The molecule has 0 spiro atoms. The Balaban J connectivity index is 1.51. The molecule has 3 aromatic heterocycles. The van der Waals surface area contributed by atoms with Crippen LogP contribution in [0.3, 0.4) is 0 Å². The first-order valence-corrected chi connectivity index (χ1v) is 8.87. The van der Waals surface area contributed by atoms with Gasteiger partial charge in [0.15, 0.2) is 0 Å². The second-order valence-corrected chi connectivity index (χ2v) is 6.49. The molecule has 0 atom stereocenters. The van der Waals surface area contributed by atoms with E-state index >= 15 is 0 Å². The summed E-state index contributed by atoms with van der Waals surface area (Å²) in [6, 6.07) is 11.7. The van der Waals surface area contributed by atoms with Crippen LogP contribution in [0, 0.1) is 0 Å². The molecule has 4 rings (SSSR count). The number of esters is 1. The Morgan fingerprint density at radius 2 is 2.16 bits per heavy atom. The summed E-state index contributed by atoms with van der Waals surface area (Å²) in [4.78, 5) is 17.8. The highest BCUT2D eigenvalue weighted by atomic mass is 32.1. The molecule has 0 aliphatic heterocycles. The Labute approximate surface area is 148 Å². The largest absolute Gasteiger partial charge is 0.455 e. The molecule has 126 valence electrons. The van der Waals surface area contributed by atoms with Crippen molar-refractivity contribution in [1.29, 1.82) is 0 Å². The number of oxazole rings is 1. The monoisotopic (exact) mass is 352 g/mol. The van der Waals surface area contributed by atoms with Crippen LogP contribution < -0.4 is 0 Å². The lowest BCUT2D eigenvalue weighted by atomic mass is 10.2. The number of ether oxygens (including phenoxy) is 1. The summed E-state index contributed by atoms with van der Waals surface area (Å²) in [5.41, 5.74) is 2.19. The van der Waals surface area contributed by atoms with Crippen molar-refractivity contribution in [1.82, 2.24) is 9.55 Å². The number of aryl methyl sites for hydroxylation is 1. The number of aromatic nitrogens is 2. The van der Waals surface area contributed by atoms with Crippen LogP contribution in [-0.4, -0.2) is 15.5 Å². The van der Waals surface area contributed by atoms with Crippen molar-refractivity contribution in [2.45, 2.75) is 20.1 Å². The molecule has 1 aromatic carbocycles. The maximum absolute atomic E-state index is 12.5. The first kappa shape index (κ1) is 15.7. The summed E-state index contributed by atoms with van der Waals surface area (Å²) in [6.45, 7) is 2.92. The third-order valence-corrected chi connectivity index (χ3v) is 4.84. The minimum absolute atomic E-state index is 0.0827. The highest BCUT2D eigenvalue weighted by Gasteiger charge is 2.16. The van der Waals surface area contributed by atoms with Crippen LogP contribution in [-0.2, 0) is 17.9 Å². The Hall–Kier alpha value is -2.86. The van der Waals surface area contributed by atoms with Crippen molar-refractivity contribution in [2.75, 3.05) is 0 Å². The summed E-state index contributed by atoms with van der Waals surface area (Å²) in [6.07, 6.45) is 3.37. The molecule has 0 saturated carbocycles. The molecule has 0 bridgehead atoms. The van der Waals surface area contributed by atoms with Gasteiger partial charge in [0.05, 0.1) is 10.4 Å². The van der Waals surface area contributed by atoms with Gasteiger partial charge in [-0.1, -0.05) is 24.3 Å². The number of rotatable bonds is 5. The van der Waals surface area contributed by atoms with E-state index in [4.69, 9.17) is 9.15 Å². The van der Waals surface area contributed by atoms with Crippen LogP contribution in [0.4, 0.5) is 0 Å². The Kier molecular flexibility index (Phi) is 4.11. The van der Waals surface area contributed by atoms with Gasteiger partial charge < -0.3 is 13.7 Å². The van der Waals surface area contributed by atoms with Gasteiger partial charge in [0, 0.05) is 23.6 Å². The summed E-state index contributed by atoms with van der Waals surface area (Å²) in [5, 5.41) is 2.86. The summed E-state index contributed by atoms with van der Waals surface area (Å²) >= 11 is 1.55. The molecule has 0 aliphatic carbocycles. The van der Waals surface area contributed by atoms with E-state index in [1.807, 2.05) is 59.5 Å². The Bertz CT molecular complexity index is 1010. The Morgan fingerprint density at radius 3 is 2.96 bits per heavy atom. The summed E-state index contributed by atoms with van der Waals surface area (Å²) in [7, 11) is 0. The number of para-hydroxylation sites is 1. The van der Waals surface area contributed by atoms with Crippen molar-refractivity contribution in [2.24, 2.45) is 0 Å². The summed E-state index contributed by atoms with van der Waals surface area (Å²) in [5.74, 6) is 0.188. The van der Waals surface area contributed by atoms with Crippen molar-refractivity contribution in [3.63, 3.8) is 0 Å². The predicted octanol–water partition coefficient (Wildman–Crippen LogP) is 4.73. The number of carbonyl (C=O) groups excluding carboxylic acids is 1. The second-order valence-electron chi connectivity index (χ2n) is 5.54. The zero-order valence-electron chi connectivity index (χ0n) is 13.6. The third kappa shape index (κ3) is 2.96. The van der Waals surface area contributed by atoms with Crippen molar-refractivity contribution in [3.05, 3.63) is 65.5 Å². The van der Waals surface area contributed by atoms with Gasteiger partial charge in [0.25, 0.3) is 0 Å². The van der Waals surface area contributed by atoms with E-state index in [1.165, 1.54) is 6.26 Å². The minimum atomic E-state index is -0.357. The number of thiophene rings is 1. The standard InChI is InChI=1S/C19H16N2O3S/c1-2-21-10-15(14-6-3-4-7-16(14)21)19(22)24-12-13-11-23-18(20-13)17-8-5-9-25-17/h3-11H,2,12H2,1H3. The molecule has 3 heterocycles. The van der Waals surface area contributed by atoms with E-state index in [1.54, 1.807) is 11.3 Å². The first-order valence-electron chi connectivity index (χ1n) is 7.99. The molecule has 0 amide bonds. The van der Waals surface area contributed by atoms with Crippen LogP contribution in [0.2, 0.25) is 0 Å². The Morgan fingerprint density at radius 1 is 1.28 bits per heavy atom. The van der Waals surface area contributed by atoms with Gasteiger partial charge in [-0.2, -0.15) is 0 Å². The van der Waals surface area contributed by atoms with E-state index in [2.05, 4.69) is 4.98 Å². The van der Waals surface area contributed by atoms with E-state index in [9.17, 15) is 4.79 Å². The molecule has 0 saturated heterocycles. The van der Waals surface area contributed by atoms with Crippen molar-refractivity contribution < 1.29 is 13.9 Å². The molecule has 0 N–H and O–H groups in total. The maximum atomic E-state index is 12.5. The molecule has 5 nitrogen and oxygen atoms in total. The van der Waals surface area contributed by atoms with Crippen LogP contribution >= 0.6 is 11.3 Å². The van der Waals surface area contributed by atoms with Crippen molar-refractivity contribution in [3.8, 4) is 10.8 Å². The van der Waals surface area contributed by atoms with Crippen molar-refractivity contribution >= 4 is 28.2 Å². The fourth-order valence-corrected chi connectivity index (χ4v) is 3.43. The number of nitrogens with zero attached hydrogens (tertiary/aromatic N) is 2. The van der Waals surface area contributed by atoms with Crippen LogP contribution in [0.15, 0.2) is 58.7 Å². The number of carbonyl (C=O) groups is 1. The van der Waals surface area contributed by atoms with Crippen LogP contribution in [0.1, 0.15) is 23.0 Å². The van der Waals surface area contributed by atoms with Gasteiger partial charge in [-0.15, -0.1) is 11.3 Å². The fraction of sp³-hybridized carbons (Fsp3) is 0.158. The molecule has 0 radical (unpaired) electrons. The number of hydrogen-bond donors (Lipinski definition) is 0. The third-order valence-electron chi connectivity index (χ3n) is 3.98. The minimum Gasteiger partial charge on any atom is -0.455 e.